The molecule has 0 bridgehead atoms. The highest BCUT2D eigenvalue weighted by Gasteiger charge is 2.13. The predicted molar refractivity (Wildman–Crippen MR) is 214 cm³/mol. The quantitative estimate of drug-likeness (QED) is 0.0357. The summed E-state index contributed by atoms with van der Waals surface area (Å²) >= 11 is 10.9. The highest BCUT2D eigenvalue weighted by Crippen LogP contribution is 2.23. The minimum atomic E-state index is -0.279. The number of nitrogens with one attached hydrogen (secondary N) is 6. The van der Waals surface area contributed by atoms with Gasteiger partial charge in [0, 0.05) is 65.1 Å². The van der Waals surface area contributed by atoms with E-state index in [4.69, 9.17) is 29.2 Å². The van der Waals surface area contributed by atoms with Crippen LogP contribution in [0.15, 0.2) is 134 Å². The Morgan fingerprint density at radius 1 is 0.717 bits per heavy atom. The van der Waals surface area contributed by atoms with Gasteiger partial charge < -0.3 is 40.7 Å². The van der Waals surface area contributed by atoms with E-state index < -0.39 is 0 Å². The van der Waals surface area contributed by atoms with Crippen LogP contribution in [-0.4, -0.2) is 32.4 Å². The summed E-state index contributed by atoms with van der Waals surface area (Å²) in [6.07, 6.45) is 3.90. The van der Waals surface area contributed by atoms with E-state index in [1.807, 2.05) is 104 Å². The number of nitrogens with zero attached hydrogens (tertiary/aromatic N) is 1. The number of carbonyl (C=O) groups is 2. The van der Waals surface area contributed by atoms with Gasteiger partial charge in [0.1, 0.15) is 20.6 Å². The van der Waals surface area contributed by atoms with E-state index in [9.17, 15) is 14.7 Å². The molecule has 2 heterocycles. The van der Waals surface area contributed by atoms with Crippen molar-refractivity contribution in [3.05, 3.63) is 154 Å². The maximum Gasteiger partial charge on any atom is 0.374 e. The van der Waals surface area contributed by atoms with Crippen molar-refractivity contribution in [1.82, 2.24) is 9.55 Å². The Labute approximate surface area is 316 Å². The van der Waals surface area contributed by atoms with Crippen molar-refractivity contribution < 1.29 is 24.4 Å². The number of aliphatic hydroxyl groups excluding tert-OH is 1. The molecule has 53 heavy (non-hydrogen) atoms. The maximum atomic E-state index is 12.5. The molecule has 13 heteroatoms. The van der Waals surface area contributed by atoms with Gasteiger partial charge in [-0.25, -0.2) is 0 Å². The highest BCUT2D eigenvalue weighted by atomic mass is 32.1. The number of amides is 2. The number of aromatic nitrogens is 2. The van der Waals surface area contributed by atoms with Crippen molar-refractivity contribution in [2.45, 2.75) is 20.1 Å². The number of aromatic amines is 1. The van der Waals surface area contributed by atoms with Gasteiger partial charge in [0.15, 0.2) is 6.73 Å². The van der Waals surface area contributed by atoms with Crippen LogP contribution in [0.2, 0.25) is 0 Å². The van der Waals surface area contributed by atoms with Crippen LogP contribution in [-0.2, 0) is 11.5 Å². The van der Waals surface area contributed by atoms with Crippen molar-refractivity contribution in [3.8, 4) is 5.75 Å². The third-order valence-electron chi connectivity index (χ3n) is 7.92. The SMILES string of the molecule is CCC(=O)Nc1ccc(Nc2ccc([NH+]=C(O)c3cccn(COc4ccc(Nc5ccc(NC(=O)c6ccc[nH]c6=S)cc5)cc4)c3=S)cc2)cc1. The second-order valence-electron chi connectivity index (χ2n) is 11.7. The fraction of sp³-hybridized carbons (Fsp3) is 0.0750. The zero-order valence-corrected chi connectivity index (χ0v) is 30.2. The first kappa shape index (κ1) is 36.2. The normalized spacial score (nSPS) is 11.0. The second kappa shape index (κ2) is 17.1. The summed E-state index contributed by atoms with van der Waals surface area (Å²) in [5.41, 5.74) is 6.35. The van der Waals surface area contributed by atoms with Crippen molar-refractivity contribution in [2.24, 2.45) is 0 Å². The Morgan fingerprint density at radius 2 is 1.25 bits per heavy atom. The molecular formula is C40H36N7O4S2+. The first-order valence-electron chi connectivity index (χ1n) is 16.6. The molecule has 6 aromatic rings. The van der Waals surface area contributed by atoms with Gasteiger partial charge in [-0.05, 0) is 109 Å². The van der Waals surface area contributed by atoms with E-state index in [0.717, 1.165) is 28.4 Å². The van der Waals surface area contributed by atoms with Crippen LogP contribution in [0.25, 0.3) is 0 Å². The molecule has 0 aliphatic rings. The first-order chi connectivity index (χ1) is 25.7. The standard InChI is InChI=1S/C40H35N7O4S2/c1-2-36(48)44-30-13-7-26(8-14-30)42-27-11-17-32(18-12-27)46-38(50)35-6-4-24-47(40(35)53)25-51-33-21-19-29(20-22-33)43-28-9-15-31(16-10-28)45-37(49)34-5-3-23-41-39(34)52/h3-24,42-43H,2,25H2,1H3,(H,41,52)(H,44,48)(H,45,49)(H,46,50)/p+1. The van der Waals surface area contributed by atoms with E-state index in [1.165, 1.54) is 0 Å². The van der Waals surface area contributed by atoms with E-state index in [0.29, 0.717) is 44.0 Å². The molecule has 0 radical (unpaired) electrons. The van der Waals surface area contributed by atoms with E-state index >= 15 is 0 Å². The average Bonchev–Trinajstić information content (AvgIpc) is 3.17. The Hall–Kier alpha value is -6.57. The molecule has 0 saturated carbocycles. The largest absolute Gasteiger partial charge is 0.473 e. The van der Waals surface area contributed by atoms with Gasteiger partial charge in [0.25, 0.3) is 5.91 Å². The van der Waals surface area contributed by atoms with Gasteiger partial charge in [0.05, 0.1) is 5.56 Å². The molecule has 0 aliphatic heterocycles. The Kier molecular flexibility index (Phi) is 11.7. The lowest BCUT2D eigenvalue weighted by Crippen LogP contribution is -2.66. The molecule has 0 aliphatic carbocycles. The number of benzene rings is 4. The first-order valence-corrected chi connectivity index (χ1v) is 17.4. The lowest BCUT2D eigenvalue weighted by Gasteiger charge is -2.12. The number of ether oxygens (including phenoxy) is 1. The fourth-order valence-corrected chi connectivity index (χ4v) is 5.60. The summed E-state index contributed by atoms with van der Waals surface area (Å²) < 4.78 is 8.51. The van der Waals surface area contributed by atoms with Gasteiger partial charge in [-0.2, -0.15) is 4.99 Å². The molecule has 0 spiro atoms. The van der Waals surface area contributed by atoms with E-state index in [1.54, 1.807) is 41.2 Å². The second-order valence-corrected chi connectivity index (χ2v) is 12.5. The smallest absolute Gasteiger partial charge is 0.374 e. The third-order valence-corrected chi connectivity index (χ3v) is 8.71. The van der Waals surface area contributed by atoms with Gasteiger partial charge >= 0.3 is 5.90 Å². The molecule has 0 unspecified atom stereocenters. The number of carbonyl (C=O) groups excluding carboxylic acids is 2. The van der Waals surface area contributed by atoms with Crippen LogP contribution in [0.4, 0.5) is 39.8 Å². The number of H-pyrrole nitrogens is 1. The van der Waals surface area contributed by atoms with Gasteiger partial charge in [-0.3, -0.25) is 9.59 Å². The zero-order chi connectivity index (χ0) is 37.2. The minimum absolute atomic E-state index is 0.0342. The molecular weight excluding hydrogens is 707 g/mol. The molecule has 0 saturated heterocycles. The third kappa shape index (κ3) is 9.82. The van der Waals surface area contributed by atoms with Crippen molar-refractivity contribution in [1.29, 1.82) is 0 Å². The van der Waals surface area contributed by atoms with Crippen molar-refractivity contribution in [3.63, 3.8) is 0 Å². The van der Waals surface area contributed by atoms with E-state index in [-0.39, 0.29) is 24.4 Å². The van der Waals surface area contributed by atoms with E-state index in [2.05, 4.69) is 31.2 Å². The number of hydrogen-bond acceptors (Lipinski definition) is 7. The summed E-state index contributed by atoms with van der Waals surface area (Å²) in [6.45, 7) is 1.95. The van der Waals surface area contributed by atoms with Crippen LogP contribution in [0, 0.1) is 9.28 Å². The van der Waals surface area contributed by atoms with Crippen molar-refractivity contribution >= 4 is 82.0 Å². The van der Waals surface area contributed by atoms with Crippen LogP contribution in [0.3, 0.4) is 0 Å². The van der Waals surface area contributed by atoms with Gasteiger partial charge in [-0.15, -0.1) is 0 Å². The van der Waals surface area contributed by atoms with Crippen LogP contribution in [0.5, 0.6) is 5.75 Å². The summed E-state index contributed by atoms with van der Waals surface area (Å²) in [6, 6.07) is 36.7. The molecule has 7 N–H and O–H groups in total. The molecule has 0 fully saturated rings. The number of hydrogen-bond donors (Lipinski definition) is 7. The predicted octanol–water partition coefficient (Wildman–Crippen LogP) is 8.12. The van der Waals surface area contributed by atoms with Crippen LogP contribution in [0.1, 0.15) is 29.3 Å². The summed E-state index contributed by atoms with van der Waals surface area (Å²) in [7, 11) is 0. The minimum Gasteiger partial charge on any atom is -0.473 e. The van der Waals surface area contributed by atoms with Crippen LogP contribution < -0.4 is 31.0 Å². The summed E-state index contributed by atoms with van der Waals surface area (Å²) in [5.74, 6) is 0.243. The summed E-state index contributed by atoms with van der Waals surface area (Å²) in [5, 5.41) is 23.3. The lowest BCUT2D eigenvalue weighted by molar-refractivity contribution is -0.364. The van der Waals surface area contributed by atoms with Gasteiger partial charge in [-0.1, -0.05) is 31.4 Å². The number of rotatable bonds is 13. The molecule has 2 aromatic heterocycles. The molecule has 4 aromatic carbocycles. The summed E-state index contributed by atoms with van der Waals surface area (Å²) in [4.78, 5) is 30.0. The topological polar surface area (TPSA) is 146 Å². The monoisotopic (exact) mass is 742 g/mol. The number of pyridine rings is 2. The molecule has 11 nitrogen and oxygen atoms in total. The Morgan fingerprint density at radius 3 is 1.83 bits per heavy atom. The molecule has 0 atom stereocenters. The molecule has 6 rings (SSSR count). The number of anilines is 6. The fourth-order valence-electron chi connectivity index (χ4n) is 5.09. The van der Waals surface area contributed by atoms with Crippen molar-refractivity contribution in [2.75, 3.05) is 21.3 Å². The lowest BCUT2D eigenvalue weighted by atomic mass is 10.2. The number of aliphatic hydroxyl groups is 1. The Bertz CT molecular complexity index is 2360. The van der Waals surface area contributed by atoms with Crippen LogP contribution >= 0.6 is 24.4 Å². The molecule has 266 valence electrons. The Balaban J connectivity index is 1.01. The highest BCUT2D eigenvalue weighted by molar-refractivity contribution is 7.71. The maximum absolute atomic E-state index is 12.5. The van der Waals surface area contributed by atoms with Gasteiger partial charge in [0.2, 0.25) is 11.6 Å². The zero-order valence-electron chi connectivity index (χ0n) is 28.6. The average molecular weight is 743 g/mol. The molecule has 2 amide bonds.